The van der Waals surface area contributed by atoms with Crippen molar-refractivity contribution in [2.75, 3.05) is 12.4 Å². The number of carboxylic acid groups (broad SMARTS) is 1. The lowest BCUT2D eigenvalue weighted by Crippen LogP contribution is -2.07. The van der Waals surface area contributed by atoms with Crippen LogP contribution in [0.2, 0.25) is 0 Å². The van der Waals surface area contributed by atoms with Crippen molar-refractivity contribution in [2.24, 2.45) is 0 Å². The number of aromatic carboxylic acids is 1. The highest BCUT2D eigenvalue weighted by Gasteiger charge is 2.14. The number of methoxy groups -OCH3 is 1. The van der Waals surface area contributed by atoms with Crippen molar-refractivity contribution in [1.29, 1.82) is 0 Å². The standard InChI is InChI=1S/C12H11N3O4/c1-19-10-6-9(12(17)18)11(15-14-10)13-7-3-2-4-8(16)5-7/h2-6,16H,1H3,(H,13,15)(H,17,18). The Morgan fingerprint density at radius 3 is 2.74 bits per heavy atom. The normalized spacial score (nSPS) is 9.95. The molecule has 1 heterocycles. The Labute approximate surface area is 108 Å². The zero-order chi connectivity index (χ0) is 13.8. The maximum absolute atomic E-state index is 11.1. The minimum atomic E-state index is -1.16. The molecule has 0 amide bonds. The monoisotopic (exact) mass is 261 g/mol. The Morgan fingerprint density at radius 1 is 1.32 bits per heavy atom. The Kier molecular flexibility index (Phi) is 3.46. The number of phenolic OH excluding ortho intramolecular Hbond substituents is 1. The Balaban J connectivity index is 2.36. The Hall–Kier alpha value is -2.83. The smallest absolute Gasteiger partial charge is 0.339 e. The maximum atomic E-state index is 11.1. The molecular formula is C12H11N3O4. The van der Waals surface area contributed by atoms with Gasteiger partial charge in [0.1, 0.15) is 11.3 Å². The van der Waals surface area contributed by atoms with Crippen molar-refractivity contribution in [3.63, 3.8) is 0 Å². The number of hydrogen-bond donors (Lipinski definition) is 3. The molecule has 2 aromatic rings. The summed E-state index contributed by atoms with van der Waals surface area (Å²) in [4.78, 5) is 11.1. The van der Waals surface area contributed by atoms with Gasteiger partial charge in [0.05, 0.1) is 7.11 Å². The van der Waals surface area contributed by atoms with Crippen LogP contribution in [0.5, 0.6) is 11.6 Å². The summed E-state index contributed by atoms with van der Waals surface area (Å²) in [5, 5.41) is 28.7. The minimum Gasteiger partial charge on any atom is -0.508 e. The third-order valence-electron chi connectivity index (χ3n) is 2.32. The van der Waals surface area contributed by atoms with E-state index in [1.54, 1.807) is 12.1 Å². The second-order valence-electron chi connectivity index (χ2n) is 3.63. The van der Waals surface area contributed by atoms with Crippen LogP contribution in [0.4, 0.5) is 11.5 Å². The van der Waals surface area contributed by atoms with Gasteiger partial charge >= 0.3 is 5.97 Å². The molecule has 0 spiro atoms. The Bertz CT molecular complexity index is 616. The second-order valence-corrected chi connectivity index (χ2v) is 3.63. The molecule has 19 heavy (non-hydrogen) atoms. The van der Waals surface area contributed by atoms with Crippen LogP contribution in [0.1, 0.15) is 10.4 Å². The van der Waals surface area contributed by atoms with Gasteiger partial charge in [0, 0.05) is 17.8 Å². The highest BCUT2D eigenvalue weighted by atomic mass is 16.5. The topological polar surface area (TPSA) is 105 Å². The van der Waals surface area contributed by atoms with Crippen LogP contribution in [0.3, 0.4) is 0 Å². The van der Waals surface area contributed by atoms with E-state index < -0.39 is 5.97 Å². The molecule has 7 nitrogen and oxygen atoms in total. The first-order valence-electron chi connectivity index (χ1n) is 5.31. The predicted octanol–water partition coefficient (Wildman–Crippen LogP) is 1.63. The molecule has 0 bridgehead atoms. The molecule has 1 aromatic heterocycles. The first kappa shape index (κ1) is 12.6. The van der Waals surface area contributed by atoms with E-state index in [4.69, 9.17) is 9.84 Å². The number of aromatic nitrogens is 2. The highest BCUT2D eigenvalue weighted by molar-refractivity contribution is 5.94. The summed E-state index contributed by atoms with van der Waals surface area (Å²) in [6.07, 6.45) is 0. The van der Waals surface area contributed by atoms with E-state index in [2.05, 4.69) is 15.5 Å². The predicted molar refractivity (Wildman–Crippen MR) is 66.9 cm³/mol. The van der Waals surface area contributed by atoms with Crippen molar-refractivity contribution in [3.05, 3.63) is 35.9 Å². The van der Waals surface area contributed by atoms with Crippen molar-refractivity contribution in [3.8, 4) is 11.6 Å². The SMILES string of the molecule is COc1cc(C(=O)O)c(Nc2cccc(O)c2)nn1. The van der Waals surface area contributed by atoms with Crippen LogP contribution in [-0.4, -0.2) is 33.5 Å². The van der Waals surface area contributed by atoms with Gasteiger partial charge in [0.2, 0.25) is 5.88 Å². The fourth-order valence-electron chi connectivity index (χ4n) is 1.45. The average molecular weight is 261 g/mol. The van der Waals surface area contributed by atoms with Gasteiger partial charge in [-0.15, -0.1) is 10.2 Å². The van der Waals surface area contributed by atoms with Crippen LogP contribution in [0.25, 0.3) is 0 Å². The van der Waals surface area contributed by atoms with Gasteiger partial charge in [-0.2, -0.15) is 0 Å². The maximum Gasteiger partial charge on any atom is 0.339 e. The molecule has 0 aliphatic heterocycles. The molecule has 0 atom stereocenters. The molecule has 0 aliphatic rings. The van der Waals surface area contributed by atoms with Crippen LogP contribution < -0.4 is 10.1 Å². The van der Waals surface area contributed by atoms with Crippen molar-refractivity contribution < 1.29 is 19.7 Å². The molecule has 7 heteroatoms. The average Bonchev–Trinajstić information content (AvgIpc) is 2.39. The van der Waals surface area contributed by atoms with Gasteiger partial charge in [-0.25, -0.2) is 4.79 Å². The molecule has 98 valence electrons. The number of carbonyl (C=O) groups is 1. The fraction of sp³-hybridized carbons (Fsp3) is 0.0833. The number of ether oxygens (including phenoxy) is 1. The van der Waals surface area contributed by atoms with Crippen molar-refractivity contribution >= 4 is 17.5 Å². The van der Waals surface area contributed by atoms with Crippen molar-refractivity contribution in [1.82, 2.24) is 10.2 Å². The number of nitrogens with one attached hydrogen (secondary N) is 1. The van der Waals surface area contributed by atoms with E-state index in [9.17, 15) is 9.90 Å². The number of phenols is 1. The number of benzene rings is 1. The van der Waals surface area contributed by atoms with Crippen LogP contribution >= 0.6 is 0 Å². The van der Waals surface area contributed by atoms with Gasteiger partial charge in [-0.05, 0) is 12.1 Å². The van der Waals surface area contributed by atoms with E-state index in [1.807, 2.05) is 0 Å². The lowest BCUT2D eigenvalue weighted by molar-refractivity contribution is 0.0697. The summed E-state index contributed by atoms with van der Waals surface area (Å²) in [6.45, 7) is 0. The minimum absolute atomic E-state index is 0.0587. The lowest BCUT2D eigenvalue weighted by atomic mass is 10.2. The summed E-state index contributed by atoms with van der Waals surface area (Å²) in [5.74, 6) is -0.919. The molecule has 1 aromatic carbocycles. The van der Waals surface area contributed by atoms with Gasteiger partial charge in [-0.1, -0.05) is 6.07 Å². The summed E-state index contributed by atoms with van der Waals surface area (Å²) < 4.78 is 4.82. The second kappa shape index (κ2) is 5.21. The summed E-state index contributed by atoms with van der Waals surface area (Å²) in [6, 6.07) is 7.49. The van der Waals surface area contributed by atoms with Crippen LogP contribution in [-0.2, 0) is 0 Å². The van der Waals surface area contributed by atoms with E-state index in [0.717, 1.165) is 0 Å². The molecule has 0 radical (unpaired) electrons. The lowest BCUT2D eigenvalue weighted by Gasteiger charge is -2.08. The highest BCUT2D eigenvalue weighted by Crippen LogP contribution is 2.23. The van der Waals surface area contributed by atoms with Gasteiger partial charge in [0.15, 0.2) is 5.82 Å². The van der Waals surface area contributed by atoms with Gasteiger partial charge in [0.25, 0.3) is 0 Å². The molecule has 0 saturated carbocycles. The number of carboxylic acids is 1. The third-order valence-corrected chi connectivity index (χ3v) is 2.32. The Morgan fingerprint density at radius 2 is 2.11 bits per heavy atom. The zero-order valence-electron chi connectivity index (χ0n) is 9.99. The molecule has 0 unspecified atom stereocenters. The van der Waals surface area contributed by atoms with Crippen LogP contribution in [0, 0.1) is 0 Å². The van der Waals surface area contributed by atoms with E-state index in [-0.39, 0.29) is 23.0 Å². The van der Waals surface area contributed by atoms with E-state index in [1.165, 1.54) is 25.3 Å². The first-order chi connectivity index (χ1) is 9.10. The number of nitrogens with zero attached hydrogens (tertiary/aromatic N) is 2. The van der Waals surface area contributed by atoms with E-state index in [0.29, 0.717) is 5.69 Å². The molecule has 3 N–H and O–H groups in total. The third kappa shape index (κ3) is 2.89. The first-order valence-corrected chi connectivity index (χ1v) is 5.31. The zero-order valence-corrected chi connectivity index (χ0v) is 9.99. The number of anilines is 2. The molecule has 0 fully saturated rings. The molecule has 2 rings (SSSR count). The number of hydrogen-bond acceptors (Lipinski definition) is 6. The molecule has 0 aliphatic carbocycles. The van der Waals surface area contributed by atoms with Crippen LogP contribution in [0.15, 0.2) is 30.3 Å². The fourth-order valence-corrected chi connectivity index (χ4v) is 1.45. The summed E-state index contributed by atoms with van der Waals surface area (Å²) in [5.41, 5.74) is 0.428. The molecule has 0 saturated heterocycles. The summed E-state index contributed by atoms with van der Waals surface area (Å²) in [7, 11) is 1.37. The van der Waals surface area contributed by atoms with E-state index >= 15 is 0 Å². The summed E-state index contributed by atoms with van der Waals surface area (Å²) >= 11 is 0. The van der Waals surface area contributed by atoms with Crippen molar-refractivity contribution in [2.45, 2.75) is 0 Å². The largest absolute Gasteiger partial charge is 0.508 e. The molecular weight excluding hydrogens is 250 g/mol. The number of rotatable bonds is 4. The van der Waals surface area contributed by atoms with Gasteiger partial charge in [-0.3, -0.25) is 0 Å². The van der Waals surface area contributed by atoms with Gasteiger partial charge < -0.3 is 20.3 Å². The number of aromatic hydroxyl groups is 1. The quantitative estimate of drug-likeness (QED) is 0.768.